The monoisotopic (exact) mass is 666 g/mol. The van der Waals surface area contributed by atoms with Crippen LogP contribution in [-0.4, -0.2) is 4.57 Å². The molecule has 0 unspecified atom stereocenters. The highest BCUT2D eigenvalue weighted by atomic mass is 32.2. The van der Waals surface area contributed by atoms with E-state index in [4.69, 9.17) is 0 Å². The number of allylic oxidation sites excluding steroid dienone is 4. The topological polar surface area (TPSA) is 8.17 Å². The molecule has 10 rings (SSSR count). The number of para-hydroxylation sites is 3. The van der Waals surface area contributed by atoms with Crippen LogP contribution in [0.25, 0.3) is 44.2 Å². The molecule has 3 heterocycles. The lowest BCUT2D eigenvalue weighted by molar-refractivity contribution is 0.639. The second-order valence-electron chi connectivity index (χ2n) is 13.8. The van der Waals surface area contributed by atoms with Gasteiger partial charge in [0.15, 0.2) is 0 Å². The Bertz CT molecular complexity index is 2590. The fourth-order valence-electron chi connectivity index (χ4n) is 8.17. The maximum atomic E-state index is 2.52. The molecule has 236 valence electrons. The van der Waals surface area contributed by atoms with Crippen molar-refractivity contribution in [1.29, 1.82) is 0 Å². The number of benzene rings is 6. The van der Waals surface area contributed by atoms with E-state index in [1.54, 1.807) is 0 Å². The Labute approximate surface area is 295 Å². The average Bonchev–Trinajstić information content (AvgIpc) is 3.56. The van der Waals surface area contributed by atoms with E-state index in [9.17, 15) is 0 Å². The Morgan fingerprint density at radius 3 is 2.08 bits per heavy atom. The molecule has 0 saturated carbocycles. The molecule has 0 fully saturated rings. The molecule has 1 aromatic heterocycles. The summed E-state index contributed by atoms with van der Waals surface area (Å²) in [5.41, 5.74) is 15.5. The van der Waals surface area contributed by atoms with Crippen LogP contribution in [0.3, 0.4) is 0 Å². The van der Waals surface area contributed by atoms with E-state index in [-0.39, 0.29) is 5.41 Å². The Morgan fingerprint density at radius 1 is 0.653 bits per heavy atom. The summed E-state index contributed by atoms with van der Waals surface area (Å²) in [5, 5.41) is 2.57. The summed E-state index contributed by atoms with van der Waals surface area (Å²) in [6, 6.07) is 45.3. The molecule has 0 atom stereocenters. The third-order valence-corrected chi connectivity index (χ3v) is 13.1. The zero-order chi connectivity index (χ0) is 33.0. The highest BCUT2D eigenvalue weighted by Crippen LogP contribution is 2.62. The van der Waals surface area contributed by atoms with Gasteiger partial charge in [0, 0.05) is 36.6 Å². The lowest BCUT2D eigenvalue weighted by Crippen LogP contribution is -2.19. The highest BCUT2D eigenvalue weighted by molar-refractivity contribution is 8.01. The largest absolute Gasteiger partial charge is 0.308 e. The van der Waals surface area contributed by atoms with Crippen LogP contribution in [0.2, 0.25) is 0 Å². The summed E-state index contributed by atoms with van der Waals surface area (Å²) in [5.74, 6) is 0. The van der Waals surface area contributed by atoms with Gasteiger partial charge in [0.05, 0.1) is 33.0 Å². The van der Waals surface area contributed by atoms with E-state index in [0.29, 0.717) is 0 Å². The minimum Gasteiger partial charge on any atom is -0.308 e. The first-order valence-electron chi connectivity index (χ1n) is 17.0. The third-order valence-electron chi connectivity index (χ3n) is 10.8. The molecule has 0 saturated heterocycles. The van der Waals surface area contributed by atoms with Gasteiger partial charge in [0.1, 0.15) is 0 Å². The van der Waals surface area contributed by atoms with Gasteiger partial charge >= 0.3 is 0 Å². The van der Waals surface area contributed by atoms with Crippen molar-refractivity contribution in [3.63, 3.8) is 0 Å². The zero-order valence-corrected chi connectivity index (χ0v) is 29.5. The minimum absolute atomic E-state index is 0.0143. The minimum atomic E-state index is -0.0143. The molecule has 0 radical (unpaired) electrons. The van der Waals surface area contributed by atoms with Gasteiger partial charge in [-0.1, -0.05) is 122 Å². The lowest BCUT2D eigenvalue weighted by atomic mass is 9.81. The third kappa shape index (κ3) is 4.05. The maximum absolute atomic E-state index is 2.52. The van der Waals surface area contributed by atoms with E-state index in [0.717, 1.165) is 0 Å². The summed E-state index contributed by atoms with van der Waals surface area (Å²) in [6.45, 7) is 9.12. The van der Waals surface area contributed by atoms with Gasteiger partial charge in [-0.25, -0.2) is 0 Å². The van der Waals surface area contributed by atoms with Crippen LogP contribution < -0.4 is 4.90 Å². The summed E-state index contributed by atoms with van der Waals surface area (Å²) in [4.78, 5) is 7.69. The Morgan fingerprint density at radius 2 is 1.33 bits per heavy atom. The Hall–Kier alpha value is -4.90. The molecule has 7 aromatic rings. The quantitative estimate of drug-likeness (QED) is 0.186. The zero-order valence-electron chi connectivity index (χ0n) is 27.9. The molecule has 0 bridgehead atoms. The average molecular weight is 667 g/mol. The van der Waals surface area contributed by atoms with Crippen molar-refractivity contribution in [2.45, 2.75) is 52.7 Å². The predicted molar refractivity (Wildman–Crippen MR) is 210 cm³/mol. The molecule has 2 nitrogen and oxygen atoms in total. The van der Waals surface area contributed by atoms with E-state index < -0.39 is 0 Å². The summed E-state index contributed by atoms with van der Waals surface area (Å²) < 4.78 is 2.52. The molecule has 0 spiro atoms. The van der Waals surface area contributed by atoms with Gasteiger partial charge < -0.3 is 9.47 Å². The Kier molecular flexibility index (Phi) is 6.25. The van der Waals surface area contributed by atoms with Gasteiger partial charge in [-0.05, 0) is 96.3 Å². The van der Waals surface area contributed by atoms with Crippen molar-refractivity contribution < 1.29 is 0 Å². The van der Waals surface area contributed by atoms with Crippen molar-refractivity contribution in [1.82, 2.24) is 4.57 Å². The predicted octanol–water partition coefficient (Wildman–Crippen LogP) is 13.5. The Balaban J connectivity index is 1.25. The molecule has 1 aliphatic carbocycles. The van der Waals surface area contributed by atoms with Gasteiger partial charge in [-0.15, -0.1) is 0 Å². The maximum Gasteiger partial charge on any atom is 0.0763 e. The molecule has 49 heavy (non-hydrogen) atoms. The van der Waals surface area contributed by atoms with Crippen LogP contribution >= 0.6 is 23.5 Å². The smallest absolute Gasteiger partial charge is 0.0763 e. The first kappa shape index (κ1) is 29.1. The number of rotatable bonds is 3. The molecule has 0 amide bonds. The van der Waals surface area contributed by atoms with E-state index in [1.807, 2.05) is 23.5 Å². The van der Waals surface area contributed by atoms with Crippen molar-refractivity contribution in [2.75, 3.05) is 4.90 Å². The van der Waals surface area contributed by atoms with Gasteiger partial charge in [-0.2, -0.15) is 0 Å². The van der Waals surface area contributed by atoms with Crippen molar-refractivity contribution >= 4 is 68.0 Å². The van der Waals surface area contributed by atoms with E-state index in [1.165, 1.54) is 97.5 Å². The van der Waals surface area contributed by atoms with Gasteiger partial charge in [0.2, 0.25) is 0 Å². The number of anilines is 3. The first-order chi connectivity index (χ1) is 23.9. The molecule has 3 aliphatic rings. The van der Waals surface area contributed by atoms with Gasteiger partial charge in [-0.3, -0.25) is 0 Å². The van der Waals surface area contributed by atoms with Crippen LogP contribution in [0, 0.1) is 0 Å². The highest BCUT2D eigenvalue weighted by Gasteiger charge is 2.36. The second-order valence-corrected chi connectivity index (χ2v) is 15.9. The fraction of sp³-hybridized carbons (Fsp3) is 0.111. The first-order valence-corrected chi connectivity index (χ1v) is 18.6. The molecule has 6 aromatic carbocycles. The number of nitrogens with zero attached hydrogens (tertiary/aromatic N) is 2. The van der Waals surface area contributed by atoms with Crippen LogP contribution in [0.5, 0.6) is 0 Å². The molecule has 2 aliphatic heterocycles. The normalized spacial score (nSPS) is 15.6. The van der Waals surface area contributed by atoms with Crippen molar-refractivity contribution in [3.05, 3.63) is 150 Å². The van der Waals surface area contributed by atoms with Crippen LogP contribution in [0.15, 0.2) is 159 Å². The number of aromatic nitrogens is 1. The molecular formula is C45H34N2S2. The standard InChI is InChI=1S/C45H34N2S2/c1-5-13-31-27(2)45(3,4)35-24-28(20-22-32(31)35)29-21-23-33-34-26-41-43-44(42(34)46(38(33)25-29)30-14-7-6-8-15-30)49-40-19-12-10-17-37(40)47(43)36-16-9-11-18-39(36)48-41/h5-26H,1-4H3/b13-5-. The van der Waals surface area contributed by atoms with Crippen molar-refractivity contribution in [3.8, 4) is 16.8 Å². The lowest BCUT2D eigenvalue weighted by Gasteiger charge is -2.38. The number of hydrogen-bond donors (Lipinski definition) is 0. The number of hydrogen-bond acceptors (Lipinski definition) is 3. The van der Waals surface area contributed by atoms with E-state index >= 15 is 0 Å². The fourth-order valence-corrected chi connectivity index (χ4v) is 10.6. The summed E-state index contributed by atoms with van der Waals surface area (Å²) >= 11 is 3.80. The van der Waals surface area contributed by atoms with Gasteiger partial charge in [0.25, 0.3) is 0 Å². The second kappa shape index (κ2) is 10.5. The SMILES string of the molecule is C/C=C\C1=C(C)C(C)(C)c2cc(-c3ccc4c5cc6c7c(c5n(-c5ccccc5)c4c3)Sc3ccccc3N7c3ccccc3S6)ccc21. The van der Waals surface area contributed by atoms with Crippen molar-refractivity contribution in [2.24, 2.45) is 0 Å². The molecule has 4 heteroatoms. The molecular weight excluding hydrogens is 633 g/mol. The summed E-state index contributed by atoms with van der Waals surface area (Å²) in [6.07, 6.45) is 4.43. The van der Waals surface area contributed by atoms with Crippen LogP contribution in [0.4, 0.5) is 17.1 Å². The van der Waals surface area contributed by atoms with Crippen LogP contribution in [-0.2, 0) is 5.41 Å². The number of fused-ring (bicyclic) bond motifs is 9. The molecule has 0 N–H and O–H groups in total. The van der Waals surface area contributed by atoms with Crippen LogP contribution in [0.1, 0.15) is 38.8 Å². The van der Waals surface area contributed by atoms with E-state index in [2.05, 4.69) is 171 Å². The summed E-state index contributed by atoms with van der Waals surface area (Å²) in [7, 11) is 0.